The Labute approximate surface area is 180 Å². The average Bonchev–Trinajstić information content (AvgIpc) is 3.03. The molecule has 30 heavy (non-hydrogen) atoms. The van der Waals surface area contributed by atoms with E-state index in [9.17, 15) is 9.59 Å². The molecule has 0 saturated heterocycles. The van der Waals surface area contributed by atoms with Crippen LogP contribution in [-0.4, -0.2) is 17.2 Å². The molecule has 0 N–H and O–H groups in total. The van der Waals surface area contributed by atoms with Crippen molar-refractivity contribution < 1.29 is 9.59 Å². The van der Waals surface area contributed by atoms with Crippen LogP contribution in [0.15, 0.2) is 55.1 Å². The summed E-state index contributed by atoms with van der Waals surface area (Å²) in [6.45, 7) is 12.0. The van der Waals surface area contributed by atoms with Crippen molar-refractivity contribution in [3.05, 3.63) is 77.5 Å². The lowest BCUT2D eigenvalue weighted by Crippen LogP contribution is -2.28. The van der Waals surface area contributed by atoms with Crippen molar-refractivity contribution in [3.8, 4) is 0 Å². The predicted octanol–water partition coefficient (Wildman–Crippen LogP) is 6.32. The summed E-state index contributed by atoms with van der Waals surface area (Å²) >= 11 is 0. The minimum atomic E-state index is 0.0359. The van der Waals surface area contributed by atoms with Gasteiger partial charge in [0.05, 0.1) is 6.04 Å². The summed E-state index contributed by atoms with van der Waals surface area (Å²) < 4.78 is 0. The Balaban J connectivity index is 0.000000396. The molecule has 0 fully saturated rings. The van der Waals surface area contributed by atoms with Crippen LogP contribution in [-0.2, 0) is 4.79 Å². The van der Waals surface area contributed by atoms with Gasteiger partial charge in [0.2, 0.25) is 0 Å². The van der Waals surface area contributed by atoms with Crippen molar-refractivity contribution in [2.75, 3.05) is 4.90 Å². The van der Waals surface area contributed by atoms with Crippen LogP contribution in [0.5, 0.6) is 0 Å². The zero-order valence-corrected chi connectivity index (χ0v) is 18.5. The number of aldehydes is 1. The maximum Gasteiger partial charge on any atom is 0.260 e. The van der Waals surface area contributed by atoms with Crippen LogP contribution in [0.1, 0.15) is 73.3 Å². The molecule has 2 heterocycles. The van der Waals surface area contributed by atoms with Crippen LogP contribution in [0.25, 0.3) is 6.08 Å². The second-order valence-corrected chi connectivity index (χ2v) is 7.76. The minimum absolute atomic E-state index is 0.0359. The monoisotopic (exact) mass is 404 g/mol. The van der Waals surface area contributed by atoms with Gasteiger partial charge >= 0.3 is 0 Å². The van der Waals surface area contributed by atoms with Gasteiger partial charge in [-0.15, -0.1) is 0 Å². The Kier molecular flexibility index (Phi) is 8.72. The van der Waals surface area contributed by atoms with E-state index in [2.05, 4.69) is 32.3 Å². The standard InChI is InChI=1S/C20H20N2O.C6H12O/c1-4-6-9-15-12-13-19(21-14(15)3)22-18(5-2)16-10-7-8-11-17(16)20(22)23;1-6(2)4-3-5-7/h4,6-13,18H,1,5H2,2-3H3;5-6H,3-4H2,1-2H3/b9-6-;. The number of pyridine rings is 1. The van der Waals surface area contributed by atoms with Crippen LogP contribution in [0, 0.1) is 12.8 Å². The summed E-state index contributed by atoms with van der Waals surface area (Å²) in [6, 6.07) is 11.8. The Hall–Kier alpha value is -3.01. The molecule has 0 saturated carbocycles. The molecule has 1 aromatic carbocycles. The highest BCUT2D eigenvalue weighted by molar-refractivity contribution is 6.10. The lowest BCUT2D eigenvalue weighted by atomic mass is 10.0. The highest BCUT2D eigenvalue weighted by atomic mass is 16.2. The van der Waals surface area contributed by atoms with Gasteiger partial charge < -0.3 is 4.79 Å². The highest BCUT2D eigenvalue weighted by Crippen LogP contribution is 2.38. The van der Waals surface area contributed by atoms with Gasteiger partial charge in [0, 0.05) is 17.7 Å². The number of amides is 1. The zero-order chi connectivity index (χ0) is 22.1. The molecule has 4 heteroatoms. The summed E-state index contributed by atoms with van der Waals surface area (Å²) in [5.74, 6) is 1.42. The van der Waals surface area contributed by atoms with Gasteiger partial charge in [-0.1, -0.05) is 63.8 Å². The first-order valence-electron chi connectivity index (χ1n) is 10.6. The Bertz CT molecular complexity index is 915. The van der Waals surface area contributed by atoms with Gasteiger partial charge in [-0.3, -0.25) is 9.69 Å². The van der Waals surface area contributed by atoms with Crippen LogP contribution >= 0.6 is 0 Å². The van der Waals surface area contributed by atoms with E-state index in [1.54, 1.807) is 6.08 Å². The molecule has 1 unspecified atom stereocenters. The summed E-state index contributed by atoms with van der Waals surface area (Å²) in [5.41, 5.74) is 3.81. The average molecular weight is 405 g/mol. The first kappa shape index (κ1) is 23.3. The number of rotatable bonds is 7. The molecule has 158 valence electrons. The van der Waals surface area contributed by atoms with Crippen LogP contribution in [0.3, 0.4) is 0 Å². The van der Waals surface area contributed by atoms with Crippen molar-refractivity contribution in [1.29, 1.82) is 0 Å². The highest BCUT2D eigenvalue weighted by Gasteiger charge is 2.36. The summed E-state index contributed by atoms with van der Waals surface area (Å²) in [7, 11) is 0. The van der Waals surface area contributed by atoms with E-state index >= 15 is 0 Å². The summed E-state index contributed by atoms with van der Waals surface area (Å²) in [6.07, 6.45) is 9.18. The number of allylic oxidation sites excluding steroid dienone is 2. The number of carbonyl (C=O) groups excluding carboxylic acids is 2. The Morgan fingerprint density at radius 3 is 2.50 bits per heavy atom. The maximum absolute atomic E-state index is 12.8. The zero-order valence-electron chi connectivity index (χ0n) is 18.5. The van der Waals surface area contributed by atoms with Gasteiger partial charge in [0.15, 0.2) is 0 Å². The van der Waals surface area contributed by atoms with E-state index in [-0.39, 0.29) is 11.9 Å². The largest absolute Gasteiger partial charge is 0.303 e. The first-order chi connectivity index (χ1) is 14.4. The molecule has 1 amide bonds. The molecular formula is C26H32N2O2. The third-order valence-electron chi connectivity index (χ3n) is 5.10. The molecule has 0 radical (unpaired) electrons. The summed E-state index contributed by atoms with van der Waals surface area (Å²) in [4.78, 5) is 29.0. The van der Waals surface area contributed by atoms with Gasteiger partial charge in [0.25, 0.3) is 5.91 Å². The fourth-order valence-corrected chi connectivity index (χ4v) is 3.50. The molecule has 0 aliphatic carbocycles. The Morgan fingerprint density at radius 2 is 1.93 bits per heavy atom. The van der Waals surface area contributed by atoms with Gasteiger partial charge in [-0.2, -0.15) is 0 Å². The lowest BCUT2D eigenvalue weighted by molar-refractivity contribution is -0.108. The number of nitrogens with zero attached hydrogens (tertiary/aromatic N) is 2. The van der Waals surface area contributed by atoms with Crippen LogP contribution < -0.4 is 4.90 Å². The molecular weight excluding hydrogens is 372 g/mol. The fraction of sp³-hybridized carbons (Fsp3) is 0.346. The number of carbonyl (C=O) groups is 2. The van der Waals surface area contributed by atoms with Gasteiger partial charge in [-0.05, 0) is 55.0 Å². The second-order valence-electron chi connectivity index (χ2n) is 7.76. The maximum atomic E-state index is 12.8. The molecule has 0 spiro atoms. The number of anilines is 1. The normalized spacial score (nSPS) is 15.2. The van der Waals surface area contributed by atoms with Crippen molar-refractivity contribution >= 4 is 24.1 Å². The van der Waals surface area contributed by atoms with E-state index in [0.717, 1.165) is 47.9 Å². The van der Waals surface area contributed by atoms with E-state index < -0.39 is 0 Å². The summed E-state index contributed by atoms with van der Waals surface area (Å²) in [5, 5.41) is 0. The number of aromatic nitrogens is 1. The number of aryl methyl sites for hydroxylation is 1. The predicted molar refractivity (Wildman–Crippen MR) is 125 cm³/mol. The molecule has 1 aromatic heterocycles. The molecule has 1 aliphatic rings. The number of hydrogen-bond acceptors (Lipinski definition) is 3. The van der Waals surface area contributed by atoms with E-state index in [0.29, 0.717) is 11.7 Å². The number of fused-ring (bicyclic) bond motifs is 1. The molecule has 3 rings (SSSR count). The van der Waals surface area contributed by atoms with Gasteiger partial charge in [-0.25, -0.2) is 4.98 Å². The topological polar surface area (TPSA) is 50.3 Å². The van der Waals surface area contributed by atoms with Crippen LogP contribution in [0.2, 0.25) is 0 Å². The van der Waals surface area contributed by atoms with Crippen LogP contribution in [0.4, 0.5) is 5.82 Å². The third-order valence-corrected chi connectivity index (χ3v) is 5.10. The smallest absolute Gasteiger partial charge is 0.260 e. The van der Waals surface area contributed by atoms with Crippen molar-refractivity contribution in [1.82, 2.24) is 4.98 Å². The quantitative estimate of drug-likeness (QED) is 0.401. The lowest BCUT2D eigenvalue weighted by Gasteiger charge is -2.24. The first-order valence-corrected chi connectivity index (χ1v) is 10.6. The minimum Gasteiger partial charge on any atom is -0.303 e. The van der Waals surface area contributed by atoms with E-state index in [4.69, 9.17) is 0 Å². The van der Waals surface area contributed by atoms with Crippen molar-refractivity contribution in [2.24, 2.45) is 5.92 Å². The molecule has 1 aliphatic heterocycles. The SMILES string of the molecule is C=C/C=C\c1ccc(N2C(=O)c3ccccc3C2CC)nc1C.CC(C)CCC=O. The fourth-order valence-electron chi connectivity index (χ4n) is 3.50. The van der Waals surface area contributed by atoms with E-state index in [1.165, 1.54) is 0 Å². The molecule has 4 nitrogen and oxygen atoms in total. The van der Waals surface area contributed by atoms with Gasteiger partial charge in [0.1, 0.15) is 12.1 Å². The van der Waals surface area contributed by atoms with Crippen molar-refractivity contribution in [3.63, 3.8) is 0 Å². The number of benzene rings is 1. The third kappa shape index (κ3) is 5.53. The number of hydrogen-bond donors (Lipinski definition) is 0. The molecule has 1 atom stereocenters. The Morgan fingerprint density at radius 1 is 1.20 bits per heavy atom. The van der Waals surface area contributed by atoms with Crippen molar-refractivity contribution in [2.45, 2.75) is 53.0 Å². The molecule has 0 bridgehead atoms. The van der Waals surface area contributed by atoms with E-state index in [1.807, 2.05) is 60.4 Å². The molecule has 2 aromatic rings. The second kappa shape index (κ2) is 11.2.